The van der Waals surface area contributed by atoms with Crippen molar-refractivity contribution in [3.63, 3.8) is 0 Å². The van der Waals surface area contributed by atoms with E-state index in [4.69, 9.17) is 16.3 Å². The number of aromatic amines is 1. The predicted octanol–water partition coefficient (Wildman–Crippen LogP) is 5.60. The van der Waals surface area contributed by atoms with Gasteiger partial charge in [-0.25, -0.2) is 9.78 Å². The van der Waals surface area contributed by atoms with Crippen LogP contribution >= 0.6 is 11.6 Å². The Morgan fingerprint density at radius 3 is 2.73 bits per heavy atom. The molecule has 0 spiro atoms. The second kappa shape index (κ2) is 6.81. The van der Waals surface area contributed by atoms with Crippen molar-refractivity contribution in [2.45, 2.75) is 13.3 Å². The highest BCUT2D eigenvalue weighted by molar-refractivity contribution is 6.32. The third-order valence-electron chi connectivity index (χ3n) is 4.29. The lowest BCUT2D eigenvalue weighted by molar-refractivity contribution is 0.0499. The maximum atomic E-state index is 12.6. The molecule has 0 amide bonds. The van der Waals surface area contributed by atoms with Crippen LogP contribution < -0.4 is 0 Å². The number of rotatable bonds is 4. The molecule has 0 atom stereocenters. The monoisotopic (exact) mass is 364 g/mol. The normalized spacial score (nSPS) is 11.2. The van der Waals surface area contributed by atoms with Gasteiger partial charge in [-0.2, -0.15) is 0 Å². The van der Waals surface area contributed by atoms with Crippen molar-refractivity contribution in [2.75, 3.05) is 6.61 Å². The maximum absolute atomic E-state index is 12.6. The fraction of sp³-hybridized carbons (Fsp3) is 0.143. The molecule has 0 fully saturated rings. The topological polar surface area (TPSA) is 55.0 Å². The quantitative estimate of drug-likeness (QED) is 0.479. The Balaban J connectivity index is 2.07. The van der Waals surface area contributed by atoms with E-state index in [9.17, 15) is 4.79 Å². The van der Waals surface area contributed by atoms with E-state index in [0.29, 0.717) is 17.3 Å². The van der Waals surface area contributed by atoms with Crippen molar-refractivity contribution in [3.8, 4) is 11.1 Å². The number of nitrogens with one attached hydrogen (secondary N) is 1. The molecule has 0 radical (unpaired) electrons. The number of ether oxygens (including phenoxy) is 1. The number of pyridine rings is 1. The summed E-state index contributed by atoms with van der Waals surface area (Å²) in [6, 6.07) is 15.4. The minimum absolute atomic E-state index is 0.318. The lowest BCUT2D eigenvalue weighted by Gasteiger charge is -2.11. The Labute approximate surface area is 155 Å². The number of hydrogen-bond acceptors (Lipinski definition) is 3. The van der Waals surface area contributed by atoms with Crippen LogP contribution in [0.4, 0.5) is 0 Å². The number of hydrogen-bond donors (Lipinski definition) is 1. The largest absolute Gasteiger partial charge is 0.461 e. The minimum Gasteiger partial charge on any atom is -0.461 e. The highest BCUT2D eigenvalue weighted by Crippen LogP contribution is 2.37. The van der Waals surface area contributed by atoms with Crippen LogP contribution in [0.2, 0.25) is 5.02 Å². The molecule has 0 saturated heterocycles. The molecule has 4 aromatic rings. The first-order valence-electron chi connectivity index (χ1n) is 8.51. The first kappa shape index (κ1) is 16.6. The number of H-pyrrole nitrogens is 1. The van der Waals surface area contributed by atoms with Crippen LogP contribution in [0.3, 0.4) is 0 Å². The molecule has 1 N–H and O–H groups in total. The van der Waals surface area contributed by atoms with Crippen LogP contribution in [0.5, 0.6) is 0 Å². The molecule has 130 valence electrons. The van der Waals surface area contributed by atoms with Gasteiger partial charge in [-0.3, -0.25) is 0 Å². The van der Waals surface area contributed by atoms with Crippen molar-refractivity contribution < 1.29 is 9.53 Å². The molecule has 4 rings (SSSR count). The van der Waals surface area contributed by atoms with Crippen LogP contribution in [-0.2, 0) is 4.74 Å². The Morgan fingerprint density at radius 2 is 1.96 bits per heavy atom. The van der Waals surface area contributed by atoms with Gasteiger partial charge in [0, 0.05) is 26.9 Å². The number of benzene rings is 2. The Hall–Kier alpha value is -2.85. The lowest BCUT2D eigenvalue weighted by Crippen LogP contribution is -2.10. The van der Waals surface area contributed by atoms with E-state index >= 15 is 0 Å². The summed E-state index contributed by atoms with van der Waals surface area (Å²) in [6.07, 6.45) is 2.44. The Morgan fingerprint density at radius 1 is 1.15 bits per heavy atom. The van der Waals surface area contributed by atoms with Gasteiger partial charge in [-0.05, 0) is 30.2 Å². The average Bonchev–Trinajstić information content (AvgIpc) is 3.04. The van der Waals surface area contributed by atoms with Crippen molar-refractivity contribution >= 4 is 39.4 Å². The van der Waals surface area contributed by atoms with E-state index in [1.807, 2.05) is 55.5 Å². The molecule has 4 nitrogen and oxygen atoms in total. The van der Waals surface area contributed by atoms with Gasteiger partial charge >= 0.3 is 5.97 Å². The summed E-state index contributed by atoms with van der Waals surface area (Å²) in [5.74, 6) is -0.413. The lowest BCUT2D eigenvalue weighted by atomic mass is 9.98. The van der Waals surface area contributed by atoms with Crippen molar-refractivity contribution in [1.82, 2.24) is 9.97 Å². The van der Waals surface area contributed by atoms with Gasteiger partial charge in [-0.15, -0.1) is 0 Å². The van der Waals surface area contributed by atoms with E-state index in [1.54, 1.807) is 6.20 Å². The van der Waals surface area contributed by atoms with E-state index in [1.165, 1.54) is 0 Å². The predicted molar refractivity (Wildman–Crippen MR) is 105 cm³/mol. The van der Waals surface area contributed by atoms with Crippen LogP contribution in [0.25, 0.3) is 32.9 Å². The Kier molecular flexibility index (Phi) is 4.35. The van der Waals surface area contributed by atoms with Crippen molar-refractivity contribution in [3.05, 3.63) is 65.4 Å². The minimum atomic E-state index is -0.413. The molecule has 2 heterocycles. The fourth-order valence-electron chi connectivity index (χ4n) is 3.17. The zero-order valence-electron chi connectivity index (χ0n) is 14.3. The molecule has 2 aromatic carbocycles. The fourth-order valence-corrected chi connectivity index (χ4v) is 3.34. The van der Waals surface area contributed by atoms with Gasteiger partial charge in [0.2, 0.25) is 0 Å². The number of carbonyl (C=O) groups excluding carboxylic acids is 1. The molecule has 0 aliphatic heterocycles. The smallest absolute Gasteiger partial charge is 0.357 e. The molecule has 5 heteroatoms. The molecule has 0 bridgehead atoms. The highest BCUT2D eigenvalue weighted by Gasteiger charge is 2.21. The van der Waals surface area contributed by atoms with Crippen LogP contribution in [-0.4, -0.2) is 22.5 Å². The summed E-state index contributed by atoms with van der Waals surface area (Å²) in [5.41, 5.74) is 3.79. The average molecular weight is 365 g/mol. The van der Waals surface area contributed by atoms with Crippen LogP contribution in [0.1, 0.15) is 23.8 Å². The summed E-state index contributed by atoms with van der Waals surface area (Å²) in [5, 5.41) is 2.52. The summed E-state index contributed by atoms with van der Waals surface area (Å²) < 4.78 is 5.36. The summed E-state index contributed by atoms with van der Waals surface area (Å²) in [6.45, 7) is 2.33. The van der Waals surface area contributed by atoms with Crippen molar-refractivity contribution in [1.29, 1.82) is 0 Å². The highest BCUT2D eigenvalue weighted by atomic mass is 35.5. The van der Waals surface area contributed by atoms with Gasteiger partial charge in [-0.1, -0.05) is 48.9 Å². The third-order valence-corrected chi connectivity index (χ3v) is 4.53. The molecule has 0 aliphatic carbocycles. The summed E-state index contributed by atoms with van der Waals surface area (Å²) >= 11 is 6.22. The molecular formula is C21H17ClN2O2. The SMILES string of the molecule is CCCOC(=O)c1ncc2[nH]c3ccc(Cl)cc3c2c1-c1ccccc1. The third kappa shape index (κ3) is 2.82. The number of halogens is 1. The van der Waals surface area contributed by atoms with Gasteiger partial charge < -0.3 is 9.72 Å². The second-order valence-corrected chi connectivity index (χ2v) is 6.52. The molecule has 2 aromatic heterocycles. The number of esters is 1. The van der Waals surface area contributed by atoms with E-state index in [0.717, 1.165) is 39.4 Å². The van der Waals surface area contributed by atoms with E-state index in [-0.39, 0.29) is 0 Å². The zero-order chi connectivity index (χ0) is 18.1. The Bertz CT molecular complexity index is 1100. The second-order valence-electron chi connectivity index (χ2n) is 6.09. The number of aromatic nitrogens is 2. The summed E-state index contributed by atoms with van der Waals surface area (Å²) in [7, 11) is 0. The van der Waals surface area contributed by atoms with Crippen LogP contribution in [0.15, 0.2) is 54.7 Å². The van der Waals surface area contributed by atoms with Gasteiger partial charge in [0.05, 0.1) is 18.3 Å². The zero-order valence-corrected chi connectivity index (χ0v) is 15.0. The molecule has 0 aliphatic rings. The van der Waals surface area contributed by atoms with Gasteiger partial charge in [0.1, 0.15) is 0 Å². The summed E-state index contributed by atoms with van der Waals surface area (Å²) in [4.78, 5) is 20.4. The van der Waals surface area contributed by atoms with Gasteiger partial charge in [0.25, 0.3) is 0 Å². The molecule has 0 unspecified atom stereocenters. The first-order chi connectivity index (χ1) is 12.7. The number of carbonyl (C=O) groups is 1. The molecular weight excluding hydrogens is 348 g/mol. The van der Waals surface area contributed by atoms with E-state index < -0.39 is 5.97 Å². The van der Waals surface area contributed by atoms with E-state index in [2.05, 4.69) is 9.97 Å². The number of nitrogens with zero attached hydrogens (tertiary/aromatic N) is 1. The molecule has 0 saturated carbocycles. The maximum Gasteiger partial charge on any atom is 0.357 e. The van der Waals surface area contributed by atoms with Crippen LogP contribution in [0, 0.1) is 0 Å². The van der Waals surface area contributed by atoms with Crippen molar-refractivity contribution in [2.24, 2.45) is 0 Å². The first-order valence-corrected chi connectivity index (χ1v) is 8.89. The van der Waals surface area contributed by atoms with Gasteiger partial charge in [0.15, 0.2) is 5.69 Å². The standard InChI is InChI=1S/C21H17ClN2O2/c1-2-10-26-21(25)20-18(13-6-4-3-5-7-13)19-15-11-14(22)8-9-16(15)24-17(19)12-23-20/h3-9,11-12,24H,2,10H2,1H3. The number of fused-ring (bicyclic) bond motifs is 3. The molecule has 26 heavy (non-hydrogen) atoms.